The van der Waals surface area contributed by atoms with Crippen LogP contribution in [0.15, 0.2) is 24.3 Å². The van der Waals surface area contributed by atoms with Crippen molar-refractivity contribution in [3.63, 3.8) is 0 Å². The van der Waals surface area contributed by atoms with Gasteiger partial charge in [-0.3, -0.25) is 0 Å². The lowest BCUT2D eigenvalue weighted by Crippen LogP contribution is -2.41. The van der Waals surface area contributed by atoms with Crippen LogP contribution < -0.4 is 4.74 Å². The number of hydrogen-bond acceptors (Lipinski definition) is 2. The first-order chi connectivity index (χ1) is 8.35. The van der Waals surface area contributed by atoms with Gasteiger partial charge in [0.05, 0.1) is 6.61 Å². The maximum atomic E-state index is 12.8. The molecule has 0 saturated heterocycles. The van der Waals surface area contributed by atoms with Gasteiger partial charge in [-0.15, -0.1) is 0 Å². The third kappa shape index (κ3) is 2.96. The minimum Gasteiger partial charge on any atom is -0.494 e. The van der Waals surface area contributed by atoms with Crippen LogP contribution >= 0.6 is 0 Å². The summed E-state index contributed by atoms with van der Waals surface area (Å²) < 4.78 is 43.7. The average molecular weight is 262 g/mol. The Morgan fingerprint density at radius 3 is 2.06 bits per heavy atom. The second-order valence-corrected chi connectivity index (χ2v) is 4.08. The van der Waals surface area contributed by atoms with Gasteiger partial charge in [-0.25, -0.2) is 0 Å². The van der Waals surface area contributed by atoms with Gasteiger partial charge in [0.2, 0.25) is 0 Å². The zero-order chi connectivity index (χ0) is 13.8. The SMILES string of the molecule is CCCOc1ccc(C(O)(CC)C(F)(F)F)cc1. The summed E-state index contributed by atoms with van der Waals surface area (Å²) >= 11 is 0. The average Bonchev–Trinajstić information content (AvgIpc) is 2.34. The van der Waals surface area contributed by atoms with Gasteiger partial charge in [0.25, 0.3) is 0 Å². The highest BCUT2D eigenvalue weighted by Gasteiger charge is 2.53. The van der Waals surface area contributed by atoms with Crippen LogP contribution in [0.2, 0.25) is 0 Å². The Labute approximate surface area is 104 Å². The molecule has 102 valence electrons. The number of aliphatic hydroxyl groups is 1. The summed E-state index contributed by atoms with van der Waals surface area (Å²) in [5.74, 6) is 0.501. The lowest BCUT2D eigenvalue weighted by atomic mass is 9.90. The van der Waals surface area contributed by atoms with Gasteiger partial charge in [0.1, 0.15) is 5.75 Å². The quantitative estimate of drug-likeness (QED) is 0.878. The number of halogens is 3. The molecule has 1 aromatic carbocycles. The fraction of sp³-hybridized carbons (Fsp3) is 0.538. The van der Waals surface area contributed by atoms with Gasteiger partial charge < -0.3 is 9.84 Å². The minimum absolute atomic E-state index is 0.165. The molecule has 0 aliphatic heterocycles. The Morgan fingerprint density at radius 1 is 1.11 bits per heavy atom. The van der Waals surface area contributed by atoms with Gasteiger partial charge in [-0.05, 0) is 30.5 Å². The van der Waals surface area contributed by atoms with Crippen LogP contribution in [0.3, 0.4) is 0 Å². The van der Waals surface area contributed by atoms with Crippen LogP contribution in [0.5, 0.6) is 5.75 Å². The predicted molar refractivity (Wildman–Crippen MR) is 62.5 cm³/mol. The summed E-state index contributed by atoms with van der Waals surface area (Å²) in [5, 5.41) is 9.73. The molecule has 0 bridgehead atoms. The van der Waals surface area contributed by atoms with Crippen LogP contribution in [0.4, 0.5) is 13.2 Å². The standard InChI is InChI=1S/C13H17F3O2/c1-3-9-18-11-7-5-10(6-8-11)12(17,4-2)13(14,15)16/h5-8,17H,3-4,9H2,1-2H3. The zero-order valence-corrected chi connectivity index (χ0v) is 10.4. The van der Waals surface area contributed by atoms with E-state index in [0.717, 1.165) is 6.42 Å². The molecule has 5 heteroatoms. The molecule has 0 aliphatic rings. The third-order valence-electron chi connectivity index (χ3n) is 2.79. The van der Waals surface area contributed by atoms with Gasteiger partial charge in [0, 0.05) is 0 Å². The van der Waals surface area contributed by atoms with E-state index in [-0.39, 0.29) is 5.56 Å². The Kier molecular flexibility index (Phi) is 4.62. The van der Waals surface area contributed by atoms with Crippen molar-refractivity contribution in [2.75, 3.05) is 6.61 Å². The van der Waals surface area contributed by atoms with Crippen LogP contribution in [0, 0.1) is 0 Å². The molecular weight excluding hydrogens is 245 g/mol. The molecule has 0 aliphatic carbocycles. The van der Waals surface area contributed by atoms with Crippen LogP contribution in [-0.2, 0) is 5.60 Å². The molecule has 0 spiro atoms. The summed E-state index contributed by atoms with van der Waals surface area (Å²) in [6.07, 6.45) is -4.29. The van der Waals surface area contributed by atoms with E-state index < -0.39 is 18.2 Å². The van der Waals surface area contributed by atoms with E-state index in [1.165, 1.54) is 31.2 Å². The van der Waals surface area contributed by atoms with Crippen molar-refractivity contribution in [3.8, 4) is 5.75 Å². The summed E-state index contributed by atoms with van der Waals surface area (Å²) in [5.41, 5.74) is -2.96. The molecule has 0 aromatic heterocycles. The molecule has 2 nitrogen and oxygen atoms in total. The van der Waals surface area contributed by atoms with Crippen LogP contribution in [0.25, 0.3) is 0 Å². The number of rotatable bonds is 5. The Bertz CT molecular complexity index is 373. The molecule has 18 heavy (non-hydrogen) atoms. The normalized spacial score (nSPS) is 15.2. The van der Waals surface area contributed by atoms with E-state index in [1.807, 2.05) is 6.92 Å². The number of ether oxygens (including phenoxy) is 1. The Hall–Kier alpha value is -1.23. The van der Waals surface area contributed by atoms with Crippen molar-refractivity contribution in [1.29, 1.82) is 0 Å². The summed E-state index contributed by atoms with van der Waals surface area (Å²) in [7, 11) is 0. The van der Waals surface area contributed by atoms with E-state index in [1.54, 1.807) is 0 Å². The first-order valence-electron chi connectivity index (χ1n) is 5.87. The maximum absolute atomic E-state index is 12.8. The van der Waals surface area contributed by atoms with Crippen LogP contribution in [0.1, 0.15) is 32.3 Å². The molecule has 1 atom stereocenters. The Balaban J connectivity index is 2.96. The van der Waals surface area contributed by atoms with E-state index >= 15 is 0 Å². The molecule has 0 radical (unpaired) electrons. The minimum atomic E-state index is -4.69. The van der Waals surface area contributed by atoms with Crippen molar-refractivity contribution in [2.45, 2.75) is 38.5 Å². The van der Waals surface area contributed by atoms with Crippen molar-refractivity contribution >= 4 is 0 Å². The fourth-order valence-corrected chi connectivity index (χ4v) is 1.62. The first kappa shape index (κ1) is 14.8. The van der Waals surface area contributed by atoms with Gasteiger partial charge in [-0.2, -0.15) is 13.2 Å². The van der Waals surface area contributed by atoms with Crippen molar-refractivity contribution in [2.24, 2.45) is 0 Å². The first-order valence-corrected chi connectivity index (χ1v) is 5.87. The lowest BCUT2D eigenvalue weighted by molar-refractivity contribution is -0.267. The van der Waals surface area contributed by atoms with Crippen molar-refractivity contribution in [3.05, 3.63) is 29.8 Å². The number of hydrogen-bond donors (Lipinski definition) is 1. The van der Waals surface area contributed by atoms with Gasteiger partial charge in [-0.1, -0.05) is 26.0 Å². The second kappa shape index (κ2) is 5.61. The Morgan fingerprint density at radius 2 is 1.67 bits per heavy atom. The molecule has 1 N–H and O–H groups in total. The molecule has 0 heterocycles. The zero-order valence-electron chi connectivity index (χ0n) is 10.4. The summed E-state index contributed by atoms with van der Waals surface area (Å²) in [4.78, 5) is 0. The van der Waals surface area contributed by atoms with E-state index in [2.05, 4.69) is 0 Å². The monoisotopic (exact) mass is 262 g/mol. The second-order valence-electron chi connectivity index (χ2n) is 4.08. The van der Waals surface area contributed by atoms with E-state index in [0.29, 0.717) is 12.4 Å². The van der Waals surface area contributed by atoms with E-state index in [9.17, 15) is 18.3 Å². The van der Waals surface area contributed by atoms with Gasteiger partial charge >= 0.3 is 6.18 Å². The molecule has 1 unspecified atom stereocenters. The molecule has 0 amide bonds. The summed E-state index contributed by atoms with van der Waals surface area (Å²) in [6.45, 7) is 3.75. The van der Waals surface area contributed by atoms with Crippen LogP contribution in [-0.4, -0.2) is 17.9 Å². The van der Waals surface area contributed by atoms with Crippen molar-refractivity contribution < 1.29 is 23.0 Å². The fourth-order valence-electron chi connectivity index (χ4n) is 1.62. The number of alkyl halides is 3. The highest BCUT2D eigenvalue weighted by Crippen LogP contribution is 2.41. The predicted octanol–water partition coefficient (Wildman–Crippen LogP) is 3.64. The molecule has 0 fully saturated rings. The molecular formula is C13H17F3O2. The van der Waals surface area contributed by atoms with Crippen molar-refractivity contribution in [1.82, 2.24) is 0 Å². The highest BCUT2D eigenvalue weighted by molar-refractivity contribution is 5.31. The topological polar surface area (TPSA) is 29.5 Å². The summed E-state index contributed by atoms with van der Waals surface area (Å²) in [6, 6.07) is 5.39. The number of benzene rings is 1. The highest BCUT2D eigenvalue weighted by atomic mass is 19.4. The largest absolute Gasteiger partial charge is 0.494 e. The maximum Gasteiger partial charge on any atom is 0.421 e. The third-order valence-corrected chi connectivity index (χ3v) is 2.79. The smallest absolute Gasteiger partial charge is 0.421 e. The molecule has 0 saturated carbocycles. The van der Waals surface area contributed by atoms with Gasteiger partial charge in [0.15, 0.2) is 5.60 Å². The lowest BCUT2D eigenvalue weighted by Gasteiger charge is -2.29. The van der Waals surface area contributed by atoms with E-state index in [4.69, 9.17) is 4.74 Å². The molecule has 1 aromatic rings. The molecule has 1 rings (SSSR count).